The minimum atomic E-state index is -0.112. The molecule has 0 radical (unpaired) electrons. The van der Waals surface area contributed by atoms with Crippen molar-refractivity contribution in [2.45, 2.75) is 38.4 Å². The molecule has 1 aromatic carbocycles. The molecule has 8 nitrogen and oxygen atoms in total. The number of hydrogen-bond donors (Lipinski definition) is 1. The fourth-order valence-electron chi connectivity index (χ4n) is 3.73. The van der Waals surface area contributed by atoms with E-state index in [1.54, 1.807) is 17.0 Å². The number of anilines is 1. The molecule has 1 atom stereocenters. The lowest BCUT2D eigenvalue weighted by atomic mass is 10.1. The van der Waals surface area contributed by atoms with Crippen molar-refractivity contribution in [1.29, 1.82) is 0 Å². The monoisotopic (exact) mass is 406 g/mol. The van der Waals surface area contributed by atoms with Crippen molar-refractivity contribution < 1.29 is 4.79 Å². The molecule has 156 valence electrons. The SMILES string of the molecule is CN(C)c1cccc(C(=O)NC2CCc3nn(Cc4cccnc4)c(=O)n3CC2)c1. The lowest BCUT2D eigenvalue weighted by molar-refractivity contribution is 0.0933. The number of carbonyl (C=O) groups is 1. The van der Waals surface area contributed by atoms with Crippen LogP contribution in [0.4, 0.5) is 5.69 Å². The number of rotatable bonds is 5. The van der Waals surface area contributed by atoms with Gasteiger partial charge in [-0.25, -0.2) is 9.48 Å². The fraction of sp³-hybridized carbons (Fsp3) is 0.364. The third kappa shape index (κ3) is 4.27. The van der Waals surface area contributed by atoms with Crippen molar-refractivity contribution in [1.82, 2.24) is 24.6 Å². The molecule has 30 heavy (non-hydrogen) atoms. The van der Waals surface area contributed by atoms with Crippen molar-refractivity contribution in [3.8, 4) is 0 Å². The predicted molar refractivity (Wildman–Crippen MR) is 115 cm³/mol. The number of benzene rings is 1. The topological polar surface area (TPSA) is 85.1 Å². The van der Waals surface area contributed by atoms with Crippen molar-refractivity contribution in [2.24, 2.45) is 0 Å². The highest BCUT2D eigenvalue weighted by Crippen LogP contribution is 2.16. The minimum absolute atomic E-state index is 0.00776. The number of nitrogens with zero attached hydrogens (tertiary/aromatic N) is 5. The maximum Gasteiger partial charge on any atom is 0.346 e. The molecular weight excluding hydrogens is 380 g/mol. The van der Waals surface area contributed by atoms with Crippen molar-refractivity contribution in [3.05, 3.63) is 76.2 Å². The first-order chi connectivity index (χ1) is 14.5. The Labute approximate surface area is 175 Å². The van der Waals surface area contributed by atoms with Crippen LogP contribution in [0.15, 0.2) is 53.6 Å². The van der Waals surface area contributed by atoms with Gasteiger partial charge < -0.3 is 10.2 Å². The van der Waals surface area contributed by atoms with Gasteiger partial charge >= 0.3 is 5.69 Å². The van der Waals surface area contributed by atoms with E-state index in [1.807, 2.05) is 55.4 Å². The van der Waals surface area contributed by atoms with Gasteiger partial charge in [-0.2, -0.15) is 5.10 Å². The van der Waals surface area contributed by atoms with E-state index >= 15 is 0 Å². The Morgan fingerprint density at radius 1 is 1.23 bits per heavy atom. The number of pyridine rings is 1. The number of amides is 1. The second-order valence-electron chi connectivity index (χ2n) is 7.81. The highest BCUT2D eigenvalue weighted by Gasteiger charge is 2.22. The summed E-state index contributed by atoms with van der Waals surface area (Å²) >= 11 is 0. The zero-order valence-corrected chi connectivity index (χ0v) is 17.3. The summed E-state index contributed by atoms with van der Waals surface area (Å²) in [4.78, 5) is 31.5. The normalized spacial score (nSPS) is 15.9. The number of aryl methyl sites for hydroxylation is 1. The van der Waals surface area contributed by atoms with Crippen molar-refractivity contribution in [3.63, 3.8) is 0 Å². The first kappa shape index (κ1) is 19.9. The lowest BCUT2D eigenvalue weighted by Gasteiger charge is -2.17. The van der Waals surface area contributed by atoms with Gasteiger partial charge in [0.25, 0.3) is 5.91 Å². The van der Waals surface area contributed by atoms with E-state index in [4.69, 9.17) is 0 Å². The van der Waals surface area contributed by atoms with Crippen molar-refractivity contribution in [2.75, 3.05) is 19.0 Å². The summed E-state index contributed by atoms with van der Waals surface area (Å²) in [5, 5.41) is 7.65. The zero-order chi connectivity index (χ0) is 21.1. The van der Waals surface area contributed by atoms with Gasteiger partial charge in [-0.05, 0) is 42.7 Å². The van der Waals surface area contributed by atoms with Crippen LogP contribution in [0.25, 0.3) is 0 Å². The van der Waals surface area contributed by atoms with Crippen LogP contribution < -0.4 is 15.9 Å². The van der Waals surface area contributed by atoms with Gasteiger partial charge in [-0.1, -0.05) is 12.1 Å². The molecule has 3 heterocycles. The molecule has 0 aliphatic carbocycles. The summed E-state index contributed by atoms with van der Waals surface area (Å²) in [5.74, 6) is 0.687. The van der Waals surface area contributed by atoms with E-state index in [1.165, 1.54) is 4.68 Å². The fourth-order valence-corrected chi connectivity index (χ4v) is 3.73. The van der Waals surface area contributed by atoms with E-state index in [-0.39, 0.29) is 17.6 Å². The summed E-state index contributed by atoms with van der Waals surface area (Å²) in [6, 6.07) is 11.3. The Bertz CT molecular complexity index is 1090. The Hall–Kier alpha value is -3.42. The van der Waals surface area contributed by atoms with E-state index in [0.29, 0.717) is 31.5 Å². The smallest absolute Gasteiger partial charge is 0.346 e. The zero-order valence-electron chi connectivity index (χ0n) is 17.3. The number of nitrogens with one attached hydrogen (secondary N) is 1. The lowest BCUT2D eigenvalue weighted by Crippen LogP contribution is -2.36. The van der Waals surface area contributed by atoms with E-state index < -0.39 is 0 Å². The maximum atomic E-state index is 12.8. The summed E-state index contributed by atoms with van der Waals surface area (Å²) in [5.41, 5.74) is 2.46. The highest BCUT2D eigenvalue weighted by atomic mass is 16.2. The number of fused-ring (bicyclic) bond motifs is 1. The number of hydrogen-bond acceptors (Lipinski definition) is 5. The number of carbonyl (C=O) groups excluding carboxylic acids is 1. The summed E-state index contributed by atoms with van der Waals surface area (Å²) in [7, 11) is 3.90. The Kier molecular flexibility index (Phi) is 5.65. The molecule has 4 rings (SSSR count). The molecule has 3 aromatic rings. The second-order valence-corrected chi connectivity index (χ2v) is 7.81. The molecule has 0 fully saturated rings. The van der Waals surface area contributed by atoms with Gasteiger partial charge in [-0.3, -0.25) is 14.3 Å². The molecule has 0 spiro atoms. The second kappa shape index (κ2) is 8.52. The van der Waals surface area contributed by atoms with E-state index in [0.717, 1.165) is 23.5 Å². The molecule has 1 aliphatic rings. The van der Waals surface area contributed by atoms with Gasteiger partial charge in [0, 0.05) is 56.7 Å². The van der Waals surface area contributed by atoms with Gasteiger partial charge in [0.1, 0.15) is 5.82 Å². The Morgan fingerprint density at radius 3 is 2.87 bits per heavy atom. The quantitative estimate of drug-likeness (QED) is 0.697. The predicted octanol–water partition coefficient (Wildman–Crippen LogP) is 1.69. The third-order valence-electron chi connectivity index (χ3n) is 5.43. The van der Waals surface area contributed by atoms with Crippen LogP contribution in [0.3, 0.4) is 0 Å². The molecule has 2 aromatic heterocycles. The molecule has 0 bridgehead atoms. The average Bonchev–Trinajstić information content (AvgIpc) is 2.91. The van der Waals surface area contributed by atoms with Crippen LogP contribution in [-0.4, -0.2) is 45.4 Å². The molecule has 1 aliphatic heterocycles. The number of aromatic nitrogens is 4. The van der Waals surface area contributed by atoms with Crippen molar-refractivity contribution >= 4 is 11.6 Å². The summed E-state index contributed by atoms with van der Waals surface area (Å²) in [6.45, 7) is 0.957. The largest absolute Gasteiger partial charge is 0.378 e. The first-order valence-corrected chi connectivity index (χ1v) is 10.1. The Balaban J connectivity index is 1.42. The van der Waals surface area contributed by atoms with Crippen LogP contribution in [0.2, 0.25) is 0 Å². The third-order valence-corrected chi connectivity index (χ3v) is 5.43. The molecule has 1 unspecified atom stereocenters. The maximum absolute atomic E-state index is 12.8. The van der Waals surface area contributed by atoms with Gasteiger partial charge in [0.15, 0.2) is 0 Å². The van der Waals surface area contributed by atoms with E-state index in [2.05, 4.69) is 15.4 Å². The van der Waals surface area contributed by atoms with Gasteiger partial charge in [-0.15, -0.1) is 0 Å². The Morgan fingerprint density at radius 2 is 2.10 bits per heavy atom. The molecule has 0 saturated carbocycles. The van der Waals surface area contributed by atoms with Gasteiger partial charge in [0.2, 0.25) is 0 Å². The van der Waals surface area contributed by atoms with Crippen LogP contribution in [0.5, 0.6) is 0 Å². The molecule has 1 amide bonds. The molecule has 0 saturated heterocycles. The van der Waals surface area contributed by atoms with E-state index in [9.17, 15) is 9.59 Å². The molecule has 1 N–H and O–H groups in total. The highest BCUT2D eigenvalue weighted by molar-refractivity contribution is 5.95. The standard InChI is InChI=1S/C22H26N6O2/c1-26(2)19-7-3-6-17(13-19)21(29)24-18-8-9-20-25-28(22(30)27(20)12-10-18)15-16-5-4-11-23-14-16/h3-7,11,13-14,18H,8-10,12,15H2,1-2H3,(H,24,29). The summed E-state index contributed by atoms with van der Waals surface area (Å²) in [6.07, 6.45) is 5.55. The molecular formula is C22H26N6O2. The van der Waals surface area contributed by atoms with Crippen LogP contribution in [0.1, 0.15) is 34.6 Å². The summed E-state index contributed by atoms with van der Waals surface area (Å²) < 4.78 is 3.23. The van der Waals surface area contributed by atoms with Crippen LogP contribution >= 0.6 is 0 Å². The van der Waals surface area contributed by atoms with Crippen LogP contribution in [-0.2, 0) is 19.5 Å². The van der Waals surface area contributed by atoms with Crippen LogP contribution in [0, 0.1) is 0 Å². The minimum Gasteiger partial charge on any atom is -0.378 e. The van der Waals surface area contributed by atoms with Gasteiger partial charge in [0.05, 0.1) is 6.54 Å². The average molecular weight is 406 g/mol. The molecule has 8 heteroatoms. The first-order valence-electron chi connectivity index (χ1n) is 10.1.